The van der Waals surface area contributed by atoms with Crippen LogP contribution in [0.4, 0.5) is 13.2 Å². The van der Waals surface area contributed by atoms with Crippen molar-refractivity contribution in [2.24, 2.45) is 0 Å². The van der Waals surface area contributed by atoms with Crippen molar-refractivity contribution in [3.05, 3.63) is 59.2 Å². The normalized spacial score (nSPS) is 11.6. The van der Waals surface area contributed by atoms with Crippen LogP contribution in [0.5, 0.6) is 0 Å². The van der Waals surface area contributed by atoms with Gasteiger partial charge >= 0.3 is 6.18 Å². The summed E-state index contributed by atoms with van der Waals surface area (Å²) < 4.78 is 37.8. The van der Waals surface area contributed by atoms with Gasteiger partial charge in [-0.2, -0.15) is 13.2 Å². The van der Waals surface area contributed by atoms with Gasteiger partial charge in [-0.3, -0.25) is 4.79 Å². The molecule has 0 fully saturated rings. The van der Waals surface area contributed by atoms with E-state index < -0.39 is 17.8 Å². The molecule has 0 aliphatic carbocycles. The summed E-state index contributed by atoms with van der Waals surface area (Å²) >= 11 is 0. The number of alkyl halides is 3. The van der Waals surface area contributed by atoms with Crippen molar-refractivity contribution in [1.82, 2.24) is 20.2 Å². The summed E-state index contributed by atoms with van der Waals surface area (Å²) in [6, 6.07) is 8.23. The average molecular weight is 338 g/mol. The van der Waals surface area contributed by atoms with Gasteiger partial charge in [-0.1, -0.05) is 24.3 Å². The Labute approximate surface area is 137 Å². The summed E-state index contributed by atoms with van der Waals surface area (Å²) in [5.41, 5.74) is 0.508. The standard InChI is InChI=1S/C16H17F3N4O/c1-23(2)9-12-5-3-11(4-6-12)8-20-15(24)13-7-14(16(17,18)19)22-10-21-13/h3-7,10H,8-9H2,1-2H3,(H,20,24). The zero-order chi connectivity index (χ0) is 17.7. The lowest BCUT2D eigenvalue weighted by atomic mass is 10.1. The molecule has 0 atom stereocenters. The van der Waals surface area contributed by atoms with Crippen LogP contribution in [0.25, 0.3) is 0 Å². The van der Waals surface area contributed by atoms with Gasteiger partial charge in [0.25, 0.3) is 5.91 Å². The summed E-state index contributed by atoms with van der Waals surface area (Å²) in [7, 11) is 3.93. The van der Waals surface area contributed by atoms with Crippen molar-refractivity contribution < 1.29 is 18.0 Å². The Balaban J connectivity index is 1.98. The zero-order valence-corrected chi connectivity index (χ0v) is 13.3. The van der Waals surface area contributed by atoms with Gasteiger partial charge < -0.3 is 10.2 Å². The Morgan fingerprint density at radius 1 is 1.12 bits per heavy atom. The van der Waals surface area contributed by atoms with E-state index in [1.807, 2.05) is 43.3 Å². The molecular formula is C16H17F3N4O. The number of nitrogens with one attached hydrogen (secondary N) is 1. The Morgan fingerprint density at radius 2 is 1.75 bits per heavy atom. The molecule has 24 heavy (non-hydrogen) atoms. The molecule has 0 radical (unpaired) electrons. The molecule has 0 bridgehead atoms. The molecule has 1 heterocycles. The van der Waals surface area contributed by atoms with Gasteiger partial charge in [0, 0.05) is 19.2 Å². The van der Waals surface area contributed by atoms with Gasteiger partial charge in [0.1, 0.15) is 17.7 Å². The highest BCUT2D eigenvalue weighted by molar-refractivity contribution is 5.92. The van der Waals surface area contributed by atoms with Crippen LogP contribution < -0.4 is 5.32 Å². The number of carbonyl (C=O) groups is 1. The highest BCUT2D eigenvalue weighted by Crippen LogP contribution is 2.27. The average Bonchev–Trinajstić information content (AvgIpc) is 2.53. The van der Waals surface area contributed by atoms with Crippen LogP contribution in [-0.2, 0) is 19.3 Å². The Hall–Kier alpha value is -2.48. The van der Waals surface area contributed by atoms with E-state index in [1.54, 1.807) is 0 Å². The number of benzene rings is 1. The fraction of sp³-hybridized carbons (Fsp3) is 0.312. The second-order valence-corrected chi connectivity index (χ2v) is 5.52. The molecule has 1 N–H and O–H groups in total. The molecule has 5 nitrogen and oxygen atoms in total. The van der Waals surface area contributed by atoms with Crippen molar-refractivity contribution in [3.63, 3.8) is 0 Å². The molecule has 1 amide bonds. The Morgan fingerprint density at radius 3 is 2.33 bits per heavy atom. The quantitative estimate of drug-likeness (QED) is 0.910. The second kappa shape index (κ2) is 7.39. The fourth-order valence-electron chi connectivity index (χ4n) is 2.04. The van der Waals surface area contributed by atoms with Gasteiger partial charge in [-0.05, 0) is 25.2 Å². The second-order valence-electron chi connectivity index (χ2n) is 5.52. The molecule has 0 saturated carbocycles. The van der Waals surface area contributed by atoms with Crippen LogP contribution in [0.2, 0.25) is 0 Å². The fourth-order valence-corrected chi connectivity index (χ4v) is 2.04. The maximum absolute atomic E-state index is 12.6. The Kier molecular flexibility index (Phi) is 5.50. The lowest BCUT2D eigenvalue weighted by Gasteiger charge is -2.10. The largest absolute Gasteiger partial charge is 0.433 e. The van der Waals surface area contributed by atoms with Crippen molar-refractivity contribution in [2.75, 3.05) is 14.1 Å². The topological polar surface area (TPSA) is 58.1 Å². The smallest absolute Gasteiger partial charge is 0.347 e. The van der Waals surface area contributed by atoms with E-state index in [2.05, 4.69) is 15.3 Å². The molecule has 0 aliphatic rings. The van der Waals surface area contributed by atoms with Crippen LogP contribution in [0.1, 0.15) is 27.3 Å². The van der Waals surface area contributed by atoms with Crippen LogP contribution in [-0.4, -0.2) is 34.9 Å². The van der Waals surface area contributed by atoms with Gasteiger partial charge in [0.2, 0.25) is 0 Å². The van der Waals surface area contributed by atoms with Crippen molar-refractivity contribution >= 4 is 5.91 Å². The van der Waals surface area contributed by atoms with Crippen molar-refractivity contribution in [3.8, 4) is 0 Å². The van der Waals surface area contributed by atoms with E-state index >= 15 is 0 Å². The minimum Gasteiger partial charge on any atom is -0.347 e. The number of halogens is 3. The minimum atomic E-state index is -4.61. The molecule has 128 valence electrons. The van der Waals surface area contributed by atoms with E-state index in [0.29, 0.717) is 6.07 Å². The third-order valence-electron chi connectivity index (χ3n) is 3.16. The highest BCUT2D eigenvalue weighted by Gasteiger charge is 2.33. The molecule has 0 unspecified atom stereocenters. The van der Waals surface area contributed by atoms with Gasteiger partial charge in [-0.15, -0.1) is 0 Å². The summed E-state index contributed by atoms with van der Waals surface area (Å²) in [5, 5.41) is 2.55. The third-order valence-corrected chi connectivity index (χ3v) is 3.16. The predicted octanol–water partition coefficient (Wildman–Crippen LogP) is 2.49. The summed E-state index contributed by atoms with van der Waals surface area (Å²) in [4.78, 5) is 20.7. The number of carbonyl (C=O) groups excluding carboxylic acids is 1. The zero-order valence-electron chi connectivity index (χ0n) is 13.3. The first-order valence-corrected chi connectivity index (χ1v) is 7.15. The first-order valence-electron chi connectivity index (χ1n) is 7.15. The third kappa shape index (κ3) is 5.02. The van der Waals surface area contributed by atoms with Crippen LogP contribution in [0.15, 0.2) is 36.7 Å². The molecule has 2 aromatic rings. The molecule has 0 aliphatic heterocycles. The molecule has 2 rings (SSSR count). The first-order chi connectivity index (χ1) is 11.3. The van der Waals surface area contributed by atoms with Crippen LogP contribution in [0.3, 0.4) is 0 Å². The maximum atomic E-state index is 12.6. The van der Waals surface area contributed by atoms with E-state index in [0.717, 1.165) is 24.0 Å². The molecular weight excluding hydrogens is 321 g/mol. The number of hydrogen-bond donors (Lipinski definition) is 1. The SMILES string of the molecule is CN(C)Cc1ccc(CNC(=O)c2cc(C(F)(F)F)ncn2)cc1. The van der Waals surface area contributed by atoms with E-state index in [1.165, 1.54) is 0 Å². The van der Waals surface area contributed by atoms with Gasteiger partial charge in [0.15, 0.2) is 0 Å². The van der Waals surface area contributed by atoms with Gasteiger partial charge in [-0.25, -0.2) is 9.97 Å². The number of aromatic nitrogens is 2. The van der Waals surface area contributed by atoms with Gasteiger partial charge in [0.05, 0.1) is 0 Å². The monoisotopic (exact) mass is 338 g/mol. The van der Waals surface area contributed by atoms with E-state index in [-0.39, 0.29) is 12.2 Å². The molecule has 8 heteroatoms. The van der Waals surface area contributed by atoms with E-state index in [4.69, 9.17) is 0 Å². The molecule has 0 saturated heterocycles. The summed E-state index contributed by atoms with van der Waals surface area (Å²) in [6.07, 6.45) is -3.88. The predicted molar refractivity (Wildman–Crippen MR) is 82.0 cm³/mol. The maximum Gasteiger partial charge on any atom is 0.433 e. The van der Waals surface area contributed by atoms with E-state index in [9.17, 15) is 18.0 Å². The molecule has 1 aromatic carbocycles. The number of rotatable bonds is 5. The summed E-state index contributed by atoms with van der Waals surface area (Å²) in [5.74, 6) is -0.680. The molecule has 1 aromatic heterocycles. The number of amides is 1. The van der Waals surface area contributed by atoms with Crippen LogP contribution in [0, 0.1) is 0 Å². The number of nitrogens with zero attached hydrogens (tertiary/aromatic N) is 3. The summed E-state index contributed by atoms with van der Waals surface area (Å²) in [6.45, 7) is 1.00. The van der Waals surface area contributed by atoms with Crippen molar-refractivity contribution in [2.45, 2.75) is 19.3 Å². The minimum absolute atomic E-state index is 0.201. The first kappa shape index (κ1) is 17.9. The molecule has 0 spiro atoms. The lowest BCUT2D eigenvalue weighted by molar-refractivity contribution is -0.141. The highest BCUT2D eigenvalue weighted by atomic mass is 19.4. The van der Waals surface area contributed by atoms with Crippen LogP contribution >= 0.6 is 0 Å². The lowest BCUT2D eigenvalue weighted by Crippen LogP contribution is -2.24. The Bertz CT molecular complexity index is 699. The number of hydrogen-bond acceptors (Lipinski definition) is 4. The van der Waals surface area contributed by atoms with Crippen molar-refractivity contribution in [1.29, 1.82) is 0 Å².